The van der Waals surface area contributed by atoms with E-state index in [0.717, 1.165) is 6.04 Å². The molecular formula is C11H12N2. The summed E-state index contributed by atoms with van der Waals surface area (Å²) in [6, 6.07) is 2.95. The normalized spacial score (nSPS) is 16.7. The first-order chi connectivity index (χ1) is 6.36. The van der Waals surface area contributed by atoms with Crippen molar-refractivity contribution in [2.45, 2.75) is 25.8 Å². The fourth-order valence-electron chi connectivity index (χ4n) is 1.89. The minimum Gasteiger partial charge on any atom is -0.343 e. The van der Waals surface area contributed by atoms with E-state index in [1.165, 1.54) is 29.3 Å². The average Bonchev–Trinajstić information content (AvgIpc) is 2.87. The van der Waals surface area contributed by atoms with Crippen LogP contribution in [0.2, 0.25) is 0 Å². The first-order valence-corrected chi connectivity index (χ1v) is 4.77. The maximum Gasteiger partial charge on any atom is 0.0671 e. The molecule has 1 fully saturated rings. The van der Waals surface area contributed by atoms with Gasteiger partial charge in [0.15, 0.2) is 0 Å². The smallest absolute Gasteiger partial charge is 0.0671 e. The van der Waals surface area contributed by atoms with Gasteiger partial charge in [-0.05, 0) is 31.4 Å². The van der Waals surface area contributed by atoms with Gasteiger partial charge in [0.05, 0.1) is 11.7 Å². The number of aromatic nitrogens is 2. The van der Waals surface area contributed by atoms with Crippen LogP contribution in [0.1, 0.15) is 24.4 Å². The molecule has 1 saturated carbocycles. The van der Waals surface area contributed by atoms with E-state index in [1.807, 2.05) is 12.4 Å². The second kappa shape index (κ2) is 2.34. The number of fused-ring (bicyclic) bond motifs is 1. The highest BCUT2D eigenvalue weighted by Crippen LogP contribution is 2.37. The maximum absolute atomic E-state index is 4.23. The molecule has 0 bridgehead atoms. The highest BCUT2D eigenvalue weighted by atomic mass is 15.0. The third kappa shape index (κ3) is 0.981. The summed E-state index contributed by atoms with van der Waals surface area (Å²) in [5.74, 6) is 0. The summed E-state index contributed by atoms with van der Waals surface area (Å²) in [5, 5.41) is 1.35. The Morgan fingerprint density at radius 2 is 2.23 bits per heavy atom. The Balaban J connectivity index is 2.32. The number of pyridine rings is 1. The van der Waals surface area contributed by atoms with Crippen LogP contribution in [0.3, 0.4) is 0 Å². The molecule has 0 amide bonds. The van der Waals surface area contributed by atoms with Gasteiger partial charge in [0.1, 0.15) is 0 Å². The monoisotopic (exact) mass is 172 g/mol. The van der Waals surface area contributed by atoms with E-state index in [4.69, 9.17) is 0 Å². The minimum atomic E-state index is 0.751. The molecule has 2 aromatic rings. The molecule has 0 saturated heterocycles. The van der Waals surface area contributed by atoms with Crippen molar-refractivity contribution in [3.05, 3.63) is 30.2 Å². The zero-order valence-electron chi connectivity index (χ0n) is 7.70. The van der Waals surface area contributed by atoms with Gasteiger partial charge in [-0.15, -0.1) is 0 Å². The lowest BCUT2D eigenvalue weighted by molar-refractivity contribution is 0.774. The molecule has 2 aromatic heterocycles. The second-order valence-corrected chi connectivity index (χ2v) is 3.84. The lowest BCUT2D eigenvalue weighted by Crippen LogP contribution is -1.91. The lowest BCUT2D eigenvalue weighted by atomic mass is 10.2. The molecule has 0 aromatic carbocycles. The van der Waals surface area contributed by atoms with Crippen LogP contribution in [-0.4, -0.2) is 9.55 Å². The number of aryl methyl sites for hydroxylation is 1. The van der Waals surface area contributed by atoms with E-state index in [1.54, 1.807) is 0 Å². The van der Waals surface area contributed by atoms with Gasteiger partial charge in [0.25, 0.3) is 0 Å². The van der Waals surface area contributed by atoms with Crippen LogP contribution in [0.4, 0.5) is 0 Å². The van der Waals surface area contributed by atoms with Gasteiger partial charge in [-0.1, -0.05) is 0 Å². The van der Waals surface area contributed by atoms with Crippen molar-refractivity contribution < 1.29 is 0 Å². The Labute approximate surface area is 77.2 Å². The fraction of sp³-hybridized carbons (Fsp3) is 0.364. The molecule has 2 heterocycles. The van der Waals surface area contributed by atoms with E-state index in [9.17, 15) is 0 Å². The largest absolute Gasteiger partial charge is 0.343 e. The lowest BCUT2D eigenvalue weighted by Gasteiger charge is -2.01. The summed E-state index contributed by atoms with van der Waals surface area (Å²) in [6.45, 7) is 2.12. The van der Waals surface area contributed by atoms with Crippen LogP contribution in [0.5, 0.6) is 0 Å². The van der Waals surface area contributed by atoms with Crippen molar-refractivity contribution in [1.82, 2.24) is 9.55 Å². The first-order valence-electron chi connectivity index (χ1n) is 4.77. The van der Waals surface area contributed by atoms with Gasteiger partial charge in [0, 0.05) is 23.8 Å². The van der Waals surface area contributed by atoms with Crippen molar-refractivity contribution in [3.8, 4) is 0 Å². The minimum absolute atomic E-state index is 0.751. The van der Waals surface area contributed by atoms with Gasteiger partial charge < -0.3 is 4.57 Å². The second-order valence-electron chi connectivity index (χ2n) is 3.84. The van der Waals surface area contributed by atoms with Gasteiger partial charge in [-0.25, -0.2) is 0 Å². The molecule has 0 unspecified atom stereocenters. The SMILES string of the molecule is Cc1cncc2c1ccn2C1CC1. The molecule has 3 rings (SSSR count). The third-order valence-electron chi connectivity index (χ3n) is 2.79. The molecule has 1 aliphatic carbocycles. The van der Waals surface area contributed by atoms with Gasteiger partial charge in [-0.2, -0.15) is 0 Å². The third-order valence-corrected chi connectivity index (χ3v) is 2.79. The fourth-order valence-corrected chi connectivity index (χ4v) is 1.89. The molecule has 0 spiro atoms. The Morgan fingerprint density at radius 3 is 3.00 bits per heavy atom. The molecule has 2 heteroatoms. The van der Waals surface area contributed by atoms with Gasteiger partial charge >= 0.3 is 0 Å². The average molecular weight is 172 g/mol. The Morgan fingerprint density at radius 1 is 1.38 bits per heavy atom. The van der Waals surface area contributed by atoms with Crippen molar-refractivity contribution >= 4 is 10.9 Å². The molecule has 2 nitrogen and oxygen atoms in total. The molecule has 0 radical (unpaired) electrons. The number of rotatable bonds is 1. The summed E-state index contributed by atoms with van der Waals surface area (Å²) in [7, 11) is 0. The molecule has 13 heavy (non-hydrogen) atoms. The van der Waals surface area contributed by atoms with Crippen molar-refractivity contribution in [2.75, 3.05) is 0 Å². The van der Waals surface area contributed by atoms with Crippen molar-refractivity contribution in [2.24, 2.45) is 0 Å². The summed E-state index contributed by atoms with van der Waals surface area (Å²) < 4.78 is 2.36. The molecule has 1 aliphatic rings. The molecule has 66 valence electrons. The van der Waals surface area contributed by atoms with Crippen LogP contribution in [0.15, 0.2) is 24.7 Å². The van der Waals surface area contributed by atoms with Crippen molar-refractivity contribution in [1.29, 1.82) is 0 Å². The van der Waals surface area contributed by atoms with E-state index >= 15 is 0 Å². The molecular weight excluding hydrogens is 160 g/mol. The van der Waals surface area contributed by atoms with Crippen LogP contribution < -0.4 is 0 Å². The Bertz CT molecular complexity index is 452. The molecule has 0 atom stereocenters. The summed E-state index contributed by atoms with van der Waals surface area (Å²) in [5.41, 5.74) is 2.57. The molecule has 0 N–H and O–H groups in total. The van der Waals surface area contributed by atoms with Gasteiger partial charge in [0.2, 0.25) is 0 Å². The van der Waals surface area contributed by atoms with Crippen molar-refractivity contribution in [3.63, 3.8) is 0 Å². The first kappa shape index (κ1) is 7.13. The maximum atomic E-state index is 4.23. The van der Waals surface area contributed by atoms with Gasteiger partial charge in [-0.3, -0.25) is 4.98 Å². The number of hydrogen-bond donors (Lipinski definition) is 0. The summed E-state index contributed by atoms with van der Waals surface area (Å²) in [4.78, 5) is 4.23. The highest BCUT2D eigenvalue weighted by Gasteiger charge is 2.24. The Kier molecular flexibility index (Phi) is 1.29. The standard InChI is InChI=1S/C11H12N2/c1-8-6-12-7-11-10(8)4-5-13(11)9-2-3-9/h4-7,9H,2-3H2,1H3. The zero-order chi connectivity index (χ0) is 8.84. The topological polar surface area (TPSA) is 17.8 Å². The number of nitrogens with zero attached hydrogens (tertiary/aromatic N) is 2. The quantitative estimate of drug-likeness (QED) is 0.646. The van der Waals surface area contributed by atoms with Crippen LogP contribution in [0, 0.1) is 6.92 Å². The number of hydrogen-bond acceptors (Lipinski definition) is 1. The zero-order valence-corrected chi connectivity index (χ0v) is 7.70. The van der Waals surface area contributed by atoms with E-state index < -0.39 is 0 Å². The van der Waals surface area contributed by atoms with Crippen LogP contribution in [0.25, 0.3) is 10.9 Å². The predicted molar refractivity (Wildman–Crippen MR) is 52.7 cm³/mol. The van der Waals surface area contributed by atoms with Crippen LogP contribution in [-0.2, 0) is 0 Å². The highest BCUT2D eigenvalue weighted by molar-refractivity contribution is 5.82. The van der Waals surface area contributed by atoms with E-state index in [2.05, 4.69) is 28.7 Å². The predicted octanol–water partition coefficient (Wildman–Crippen LogP) is 2.68. The van der Waals surface area contributed by atoms with Crippen LogP contribution >= 0.6 is 0 Å². The molecule has 0 aliphatic heterocycles. The Hall–Kier alpha value is -1.31. The summed E-state index contributed by atoms with van der Waals surface area (Å²) >= 11 is 0. The summed E-state index contributed by atoms with van der Waals surface area (Å²) in [6.07, 6.45) is 8.76. The van der Waals surface area contributed by atoms with E-state index in [-0.39, 0.29) is 0 Å². The van der Waals surface area contributed by atoms with E-state index in [0.29, 0.717) is 0 Å².